The van der Waals surface area contributed by atoms with E-state index in [1.807, 2.05) is 31.3 Å². The minimum atomic E-state index is -4.31. The van der Waals surface area contributed by atoms with E-state index in [1.165, 1.54) is 6.07 Å². The third-order valence-electron chi connectivity index (χ3n) is 3.38. The molecule has 1 unspecified atom stereocenters. The van der Waals surface area contributed by atoms with Gasteiger partial charge in [-0.05, 0) is 77.5 Å². The molecule has 2 aromatic rings. The van der Waals surface area contributed by atoms with Gasteiger partial charge in [0, 0.05) is 3.57 Å². The molecule has 1 N–H and O–H groups in total. The Kier molecular flexibility index (Phi) is 4.93. The summed E-state index contributed by atoms with van der Waals surface area (Å²) in [7, 11) is 1.81. The summed E-state index contributed by atoms with van der Waals surface area (Å²) in [5, 5.41) is 3.18. The lowest BCUT2D eigenvalue weighted by molar-refractivity contribution is -0.137. The van der Waals surface area contributed by atoms with Crippen molar-refractivity contribution in [1.82, 2.24) is 5.32 Å². The van der Waals surface area contributed by atoms with Crippen molar-refractivity contribution in [2.45, 2.75) is 19.1 Å². The highest BCUT2D eigenvalue weighted by molar-refractivity contribution is 14.1. The van der Waals surface area contributed by atoms with Gasteiger partial charge in [0.2, 0.25) is 0 Å². The molecule has 0 radical (unpaired) electrons. The van der Waals surface area contributed by atoms with E-state index in [0.29, 0.717) is 5.56 Å². The van der Waals surface area contributed by atoms with Crippen LogP contribution in [0.1, 0.15) is 28.3 Å². The molecule has 1 nitrogen and oxygen atoms in total. The number of halogens is 4. The smallest absolute Gasteiger partial charge is 0.309 e. The van der Waals surface area contributed by atoms with Crippen LogP contribution in [0.4, 0.5) is 13.2 Å². The van der Waals surface area contributed by atoms with E-state index >= 15 is 0 Å². The van der Waals surface area contributed by atoms with Crippen molar-refractivity contribution in [1.29, 1.82) is 0 Å². The second-order valence-corrected chi connectivity index (χ2v) is 6.09. The maximum atomic E-state index is 12.7. The Balaban J connectivity index is 2.44. The molecule has 0 saturated heterocycles. The summed E-state index contributed by atoms with van der Waals surface area (Å²) in [5.41, 5.74) is 1.91. The van der Waals surface area contributed by atoms with Gasteiger partial charge in [0.1, 0.15) is 0 Å². The average molecular weight is 405 g/mol. The van der Waals surface area contributed by atoms with E-state index in [4.69, 9.17) is 0 Å². The Morgan fingerprint density at radius 1 is 1.10 bits per heavy atom. The summed E-state index contributed by atoms with van der Waals surface area (Å²) < 4.78 is 39.3. The van der Waals surface area contributed by atoms with Gasteiger partial charge in [-0.1, -0.05) is 18.2 Å². The molecule has 2 aromatic carbocycles. The van der Waals surface area contributed by atoms with Crippen molar-refractivity contribution < 1.29 is 13.2 Å². The van der Waals surface area contributed by atoms with Gasteiger partial charge in [-0.3, -0.25) is 0 Å². The lowest BCUT2D eigenvalue weighted by Crippen LogP contribution is -2.19. The molecule has 0 bridgehead atoms. The normalized spacial score (nSPS) is 13.2. The highest BCUT2D eigenvalue weighted by Gasteiger charge is 2.31. The Labute approximate surface area is 135 Å². The standard InChI is InChI=1S/C16H15F3IN/c1-10-8-12(16(17,18)19)6-7-14(10)15(21-2)11-4-3-5-13(20)9-11/h3-9,15,21H,1-2H3. The van der Waals surface area contributed by atoms with Gasteiger partial charge in [0.15, 0.2) is 0 Å². The molecule has 5 heteroatoms. The van der Waals surface area contributed by atoms with Gasteiger partial charge in [-0.25, -0.2) is 0 Å². The van der Waals surface area contributed by atoms with E-state index in [2.05, 4.69) is 27.9 Å². The molecule has 0 aliphatic carbocycles. The van der Waals surface area contributed by atoms with Crippen LogP contribution in [-0.4, -0.2) is 7.05 Å². The van der Waals surface area contributed by atoms with Crippen LogP contribution < -0.4 is 5.32 Å². The summed E-state index contributed by atoms with van der Waals surface area (Å²) in [4.78, 5) is 0. The molecule has 0 spiro atoms. The molecular weight excluding hydrogens is 390 g/mol. The SMILES string of the molecule is CNC(c1cccc(I)c1)c1ccc(C(F)(F)F)cc1C. The molecule has 0 aliphatic rings. The van der Waals surface area contributed by atoms with Gasteiger partial charge < -0.3 is 5.32 Å². The first-order valence-electron chi connectivity index (χ1n) is 6.43. The van der Waals surface area contributed by atoms with Crippen LogP contribution in [0, 0.1) is 10.5 Å². The monoisotopic (exact) mass is 405 g/mol. The Bertz CT molecular complexity index is 638. The number of nitrogens with one attached hydrogen (secondary N) is 1. The zero-order chi connectivity index (χ0) is 15.6. The number of rotatable bonds is 3. The summed E-state index contributed by atoms with van der Waals surface area (Å²) in [6.45, 7) is 1.71. The molecule has 112 valence electrons. The maximum Gasteiger partial charge on any atom is 0.416 e. The van der Waals surface area contributed by atoms with E-state index < -0.39 is 11.7 Å². The highest BCUT2D eigenvalue weighted by Crippen LogP contribution is 2.33. The number of hydrogen-bond acceptors (Lipinski definition) is 1. The predicted molar refractivity (Wildman–Crippen MR) is 86.2 cm³/mol. The van der Waals surface area contributed by atoms with E-state index in [0.717, 1.165) is 20.8 Å². The molecule has 21 heavy (non-hydrogen) atoms. The quantitative estimate of drug-likeness (QED) is 0.715. The van der Waals surface area contributed by atoms with Crippen molar-refractivity contribution >= 4 is 22.6 Å². The zero-order valence-corrected chi connectivity index (χ0v) is 13.8. The predicted octanol–water partition coefficient (Wildman–Crippen LogP) is 4.93. The van der Waals surface area contributed by atoms with Crippen LogP contribution in [-0.2, 0) is 6.18 Å². The Hall–Kier alpha value is -1.08. The van der Waals surface area contributed by atoms with Crippen LogP contribution in [0.5, 0.6) is 0 Å². The van der Waals surface area contributed by atoms with Gasteiger partial charge >= 0.3 is 6.18 Å². The molecule has 0 aromatic heterocycles. The van der Waals surface area contributed by atoms with Gasteiger partial charge in [0.25, 0.3) is 0 Å². The molecule has 2 rings (SSSR count). The van der Waals surface area contributed by atoms with Crippen molar-refractivity contribution in [3.63, 3.8) is 0 Å². The molecule has 0 heterocycles. The van der Waals surface area contributed by atoms with Gasteiger partial charge in [0.05, 0.1) is 11.6 Å². The maximum absolute atomic E-state index is 12.7. The number of benzene rings is 2. The van der Waals surface area contributed by atoms with E-state index in [1.54, 1.807) is 13.0 Å². The van der Waals surface area contributed by atoms with Gasteiger partial charge in [-0.15, -0.1) is 0 Å². The lowest BCUT2D eigenvalue weighted by Gasteiger charge is -2.21. The first-order valence-corrected chi connectivity index (χ1v) is 7.51. The fourth-order valence-electron chi connectivity index (χ4n) is 2.36. The first-order chi connectivity index (χ1) is 9.82. The molecule has 0 amide bonds. The fourth-order valence-corrected chi connectivity index (χ4v) is 2.93. The first kappa shape index (κ1) is 16.3. The third-order valence-corrected chi connectivity index (χ3v) is 4.05. The van der Waals surface area contributed by atoms with Crippen LogP contribution in [0.2, 0.25) is 0 Å². The minimum Gasteiger partial charge on any atom is -0.309 e. The molecule has 0 fully saturated rings. The topological polar surface area (TPSA) is 12.0 Å². The number of aryl methyl sites for hydroxylation is 1. The van der Waals surface area contributed by atoms with Crippen LogP contribution in [0.25, 0.3) is 0 Å². The van der Waals surface area contributed by atoms with Crippen LogP contribution in [0.15, 0.2) is 42.5 Å². The zero-order valence-electron chi connectivity index (χ0n) is 11.6. The average Bonchev–Trinajstić information content (AvgIpc) is 2.40. The second kappa shape index (κ2) is 6.36. The van der Waals surface area contributed by atoms with Gasteiger partial charge in [-0.2, -0.15) is 13.2 Å². The van der Waals surface area contributed by atoms with E-state index in [-0.39, 0.29) is 6.04 Å². The molecular formula is C16H15F3IN. The van der Waals surface area contributed by atoms with Crippen molar-refractivity contribution in [2.24, 2.45) is 0 Å². The largest absolute Gasteiger partial charge is 0.416 e. The van der Waals surface area contributed by atoms with Crippen molar-refractivity contribution in [2.75, 3.05) is 7.05 Å². The lowest BCUT2D eigenvalue weighted by atomic mass is 9.94. The number of alkyl halides is 3. The van der Waals surface area contributed by atoms with Crippen LogP contribution >= 0.6 is 22.6 Å². The number of hydrogen-bond donors (Lipinski definition) is 1. The second-order valence-electron chi connectivity index (χ2n) is 4.85. The summed E-state index contributed by atoms with van der Waals surface area (Å²) in [5.74, 6) is 0. The summed E-state index contributed by atoms with van der Waals surface area (Å²) in [6, 6.07) is 11.7. The minimum absolute atomic E-state index is 0.123. The summed E-state index contributed by atoms with van der Waals surface area (Å²) >= 11 is 2.22. The van der Waals surface area contributed by atoms with E-state index in [9.17, 15) is 13.2 Å². The molecule has 0 saturated carbocycles. The molecule has 1 atom stereocenters. The molecule has 0 aliphatic heterocycles. The third kappa shape index (κ3) is 3.77. The Morgan fingerprint density at radius 3 is 2.33 bits per heavy atom. The highest BCUT2D eigenvalue weighted by atomic mass is 127. The fraction of sp³-hybridized carbons (Fsp3) is 0.250. The summed E-state index contributed by atoms with van der Waals surface area (Å²) in [6.07, 6.45) is -4.31. The van der Waals surface area contributed by atoms with Crippen molar-refractivity contribution in [3.05, 3.63) is 68.3 Å². The van der Waals surface area contributed by atoms with Crippen molar-refractivity contribution in [3.8, 4) is 0 Å². The van der Waals surface area contributed by atoms with Crippen LogP contribution in [0.3, 0.4) is 0 Å². The Morgan fingerprint density at radius 2 is 1.81 bits per heavy atom.